The van der Waals surface area contributed by atoms with Gasteiger partial charge in [-0.1, -0.05) is 29.8 Å². The standard InChI is InChI=1S/C16H23ClF3N3O/c1-2-21-15(22-9-5-11-24-12-16(18,19)20)23-10-8-13-6-3-4-7-14(13)17/h3-4,6-7H,2,5,8-12H2,1H3,(H2,21,22,23). The monoisotopic (exact) mass is 365 g/mol. The number of ether oxygens (including phenoxy) is 1. The van der Waals surface area contributed by atoms with E-state index in [9.17, 15) is 13.2 Å². The number of guanidine groups is 1. The lowest BCUT2D eigenvalue weighted by Gasteiger charge is -2.12. The van der Waals surface area contributed by atoms with Crippen molar-refractivity contribution in [1.82, 2.24) is 10.6 Å². The summed E-state index contributed by atoms with van der Waals surface area (Å²) in [6, 6.07) is 7.62. The lowest BCUT2D eigenvalue weighted by molar-refractivity contribution is -0.173. The predicted molar refractivity (Wildman–Crippen MR) is 90.6 cm³/mol. The molecule has 0 radical (unpaired) electrons. The Labute approximate surface area is 145 Å². The number of aliphatic imine (C=N–C) groups is 1. The van der Waals surface area contributed by atoms with Crippen molar-refractivity contribution in [3.63, 3.8) is 0 Å². The first-order valence-corrected chi connectivity index (χ1v) is 8.20. The van der Waals surface area contributed by atoms with Crippen molar-refractivity contribution >= 4 is 17.6 Å². The zero-order valence-corrected chi connectivity index (χ0v) is 14.4. The van der Waals surface area contributed by atoms with E-state index >= 15 is 0 Å². The molecule has 0 aliphatic rings. The molecular formula is C16H23ClF3N3O. The van der Waals surface area contributed by atoms with Crippen molar-refractivity contribution < 1.29 is 17.9 Å². The van der Waals surface area contributed by atoms with Gasteiger partial charge in [-0.3, -0.25) is 4.99 Å². The summed E-state index contributed by atoms with van der Waals surface area (Å²) in [6.07, 6.45) is -3.10. The van der Waals surface area contributed by atoms with Crippen molar-refractivity contribution in [1.29, 1.82) is 0 Å². The molecule has 24 heavy (non-hydrogen) atoms. The molecule has 0 unspecified atom stereocenters. The average Bonchev–Trinajstić information content (AvgIpc) is 2.51. The fourth-order valence-electron chi connectivity index (χ4n) is 1.90. The minimum absolute atomic E-state index is 0.0298. The summed E-state index contributed by atoms with van der Waals surface area (Å²) in [5.41, 5.74) is 1.04. The van der Waals surface area contributed by atoms with Crippen molar-refractivity contribution in [2.45, 2.75) is 25.9 Å². The van der Waals surface area contributed by atoms with Crippen LogP contribution < -0.4 is 10.6 Å². The SMILES string of the molecule is CCNC(=NCCCOCC(F)(F)F)NCCc1ccccc1Cl. The highest BCUT2D eigenvalue weighted by atomic mass is 35.5. The molecular weight excluding hydrogens is 343 g/mol. The summed E-state index contributed by atoms with van der Waals surface area (Å²) in [5.74, 6) is 0.625. The van der Waals surface area contributed by atoms with Crippen LogP contribution in [0.2, 0.25) is 5.02 Å². The molecule has 1 aromatic carbocycles. The normalized spacial score (nSPS) is 12.3. The van der Waals surface area contributed by atoms with E-state index in [4.69, 9.17) is 11.6 Å². The molecule has 0 saturated carbocycles. The molecule has 136 valence electrons. The van der Waals surface area contributed by atoms with Gasteiger partial charge in [-0.25, -0.2) is 0 Å². The predicted octanol–water partition coefficient (Wildman–Crippen LogP) is 3.41. The Morgan fingerprint density at radius 2 is 2.00 bits per heavy atom. The highest BCUT2D eigenvalue weighted by Gasteiger charge is 2.27. The second-order valence-electron chi connectivity index (χ2n) is 5.05. The Balaban J connectivity index is 2.28. The van der Waals surface area contributed by atoms with Gasteiger partial charge in [0.05, 0.1) is 0 Å². The second kappa shape index (κ2) is 11.1. The van der Waals surface area contributed by atoms with Gasteiger partial charge >= 0.3 is 6.18 Å². The summed E-state index contributed by atoms with van der Waals surface area (Å²) in [7, 11) is 0. The summed E-state index contributed by atoms with van der Waals surface area (Å²) in [6.45, 7) is 2.49. The summed E-state index contributed by atoms with van der Waals surface area (Å²) < 4.78 is 40.3. The molecule has 1 rings (SSSR count). The van der Waals surface area contributed by atoms with Crippen LogP contribution in [-0.4, -0.2) is 45.0 Å². The minimum atomic E-state index is -4.28. The first-order valence-electron chi connectivity index (χ1n) is 7.82. The summed E-state index contributed by atoms with van der Waals surface area (Å²) >= 11 is 6.10. The van der Waals surface area contributed by atoms with E-state index in [1.165, 1.54) is 0 Å². The van der Waals surface area contributed by atoms with Gasteiger partial charge in [-0.2, -0.15) is 13.2 Å². The van der Waals surface area contributed by atoms with Crippen molar-refractivity contribution in [2.75, 3.05) is 32.8 Å². The van der Waals surface area contributed by atoms with Crippen LogP contribution in [0.5, 0.6) is 0 Å². The average molecular weight is 366 g/mol. The van der Waals surface area contributed by atoms with Crippen LogP contribution in [0.25, 0.3) is 0 Å². The van der Waals surface area contributed by atoms with E-state index in [2.05, 4.69) is 20.4 Å². The molecule has 0 aromatic heterocycles. The minimum Gasteiger partial charge on any atom is -0.372 e. The van der Waals surface area contributed by atoms with Gasteiger partial charge in [0.1, 0.15) is 6.61 Å². The smallest absolute Gasteiger partial charge is 0.372 e. The fourth-order valence-corrected chi connectivity index (χ4v) is 2.13. The maximum absolute atomic E-state index is 11.9. The van der Waals surface area contributed by atoms with Crippen LogP contribution in [0.3, 0.4) is 0 Å². The summed E-state index contributed by atoms with van der Waals surface area (Å²) in [4.78, 5) is 4.30. The van der Waals surface area contributed by atoms with Gasteiger partial charge in [0.2, 0.25) is 0 Å². The maximum Gasteiger partial charge on any atom is 0.411 e. The molecule has 0 heterocycles. The summed E-state index contributed by atoms with van der Waals surface area (Å²) in [5, 5.41) is 6.98. The largest absolute Gasteiger partial charge is 0.411 e. The van der Waals surface area contributed by atoms with Crippen LogP contribution >= 0.6 is 11.6 Å². The third kappa shape index (κ3) is 9.62. The highest BCUT2D eigenvalue weighted by Crippen LogP contribution is 2.15. The Morgan fingerprint density at radius 3 is 2.67 bits per heavy atom. The van der Waals surface area contributed by atoms with Gasteiger partial charge in [-0.05, 0) is 31.4 Å². The number of nitrogens with one attached hydrogen (secondary N) is 2. The van der Waals surface area contributed by atoms with Crippen molar-refractivity contribution in [3.8, 4) is 0 Å². The first kappa shape index (κ1) is 20.6. The number of hydrogen-bond donors (Lipinski definition) is 2. The van der Waals surface area contributed by atoms with Crippen LogP contribution in [0, 0.1) is 0 Å². The third-order valence-corrected chi connectivity index (χ3v) is 3.34. The molecule has 1 aromatic rings. The Morgan fingerprint density at radius 1 is 1.25 bits per heavy atom. The van der Waals surface area contributed by atoms with Gasteiger partial charge in [-0.15, -0.1) is 0 Å². The molecule has 0 aliphatic heterocycles. The number of nitrogens with zero attached hydrogens (tertiary/aromatic N) is 1. The van der Waals surface area contributed by atoms with Crippen LogP contribution in [0.15, 0.2) is 29.3 Å². The molecule has 0 amide bonds. The first-order chi connectivity index (χ1) is 11.4. The second-order valence-corrected chi connectivity index (χ2v) is 5.46. The Hall–Kier alpha value is -1.47. The Bertz CT molecular complexity index is 510. The fraction of sp³-hybridized carbons (Fsp3) is 0.562. The van der Waals surface area contributed by atoms with Crippen LogP contribution in [0.4, 0.5) is 13.2 Å². The lowest BCUT2D eigenvalue weighted by atomic mass is 10.1. The molecule has 0 saturated heterocycles. The van der Waals surface area contributed by atoms with Crippen molar-refractivity contribution in [2.24, 2.45) is 4.99 Å². The van der Waals surface area contributed by atoms with Gasteiger partial charge in [0, 0.05) is 31.3 Å². The van der Waals surface area contributed by atoms with E-state index in [0.717, 1.165) is 17.0 Å². The number of rotatable bonds is 9. The lowest BCUT2D eigenvalue weighted by Crippen LogP contribution is -2.38. The molecule has 0 atom stereocenters. The molecule has 0 fully saturated rings. The van der Waals surface area contributed by atoms with Crippen LogP contribution in [0.1, 0.15) is 18.9 Å². The number of benzene rings is 1. The van der Waals surface area contributed by atoms with Crippen LogP contribution in [-0.2, 0) is 11.2 Å². The number of alkyl halides is 3. The van der Waals surface area contributed by atoms with E-state index in [-0.39, 0.29) is 6.61 Å². The van der Waals surface area contributed by atoms with Gasteiger partial charge in [0.25, 0.3) is 0 Å². The number of hydrogen-bond acceptors (Lipinski definition) is 2. The molecule has 0 spiro atoms. The van der Waals surface area contributed by atoms with Gasteiger partial charge < -0.3 is 15.4 Å². The third-order valence-electron chi connectivity index (χ3n) is 2.97. The molecule has 2 N–H and O–H groups in total. The number of halogens is 4. The van der Waals surface area contributed by atoms with E-state index in [0.29, 0.717) is 32.0 Å². The molecule has 0 aliphatic carbocycles. The van der Waals surface area contributed by atoms with E-state index < -0.39 is 12.8 Å². The topological polar surface area (TPSA) is 45.7 Å². The highest BCUT2D eigenvalue weighted by molar-refractivity contribution is 6.31. The van der Waals surface area contributed by atoms with Gasteiger partial charge in [0.15, 0.2) is 5.96 Å². The molecule has 4 nitrogen and oxygen atoms in total. The zero-order chi connectivity index (χ0) is 17.8. The van der Waals surface area contributed by atoms with Crippen molar-refractivity contribution in [3.05, 3.63) is 34.9 Å². The maximum atomic E-state index is 11.9. The van der Waals surface area contributed by atoms with E-state index in [1.807, 2.05) is 31.2 Å². The van der Waals surface area contributed by atoms with E-state index in [1.54, 1.807) is 0 Å². The molecule has 0 bridgehead atoms. The quantitative estimate of drug-likeness (QED) is 0.400. The molecule has 8 heteroatoms. The zero-order valence-electron chi connectivity index (χ0n) is 13.6. The Kier molecular flexibility index (Phi) is 9.56.